The second-order valence-electron chi connectivity index (χ2n) is 10.1. The third-order valence-electron chi connectivity index (χ3n) is 7.58. The van der Waals surface area contributed by atoms with Crippen molar-refractivity contribution in [2.24, 2.45) is 10.9 Å². The first kappa shape index (κ1) is 25.3. The molecule has 2 aliphatic rings. The van der Waals surface area contributed by atoms with Crippen LogP contribution in [0.3, 0.4) is 0 Å². The van der Waals surface area contributed by atoms with E-state index in [0.717, 1.165) is 67.1 Å². The van der Waals surface area contributed by atoms with Crippen molar-refractivity contribution in [1.82, 2.24) is 19.5 Å². The monoisotopic (exact) mass is 505 g/mol. The fourth-order valence-electron chi connectivity index (χ4n) is 5.60. The summed E-state index contributed by atoms with van der Waals surface area (Å²) < 4.78 is 7.41. The first-order valence-electron chi connectivity index (χ1n) is 13.1. The molecule has 2 aliphatic heterocycles. The zero-order valence-electron chi connectivity index (χ0n) is 21.5. The average molecular weight is 506 g/mol. The molecule has 2 saturated heterocycles. The fraction of sp³-hybridized carbons (Fsp3) is 0.519. The van der Waals surface area contributed by atoms with E-state index in [-0.39, 0.29) is 24.4 Å². The molecule has 3 aromatic rings. The summed E-state index contributed by atoms with van der Waals surface area (Å²) in [6.45, 7) is 4.28. The predicted octanol–water partition coefficient (Wildman–Crippen LogP) is 3.54. The van der Waals surface area contributed by atoms with Crippen molar-refractivity contribution in [2.75, 3.05) is 31.6 Å². The van der Waals surface area contributed by atoms with E-state index in [1.165, 1.54) is 0 Å². The van der Waals surface area contributed by atoms with Gasteiger partial charge in [0.2, 0.25) is 0 Å². The number of nitrogens with zero attached hydrogens (tertiary/aromatic N) is 6. The molecule has 4 atom stereocenters. The van der Waals surface area contributed by atoms with Crippen LogP contribution in [0.1, 0.15) is 61.1 Å². The van der Waals surface area contributed by atoms with Gasteiger partial charge in [-0.1, -0.05) is 35.5 Å². The Hall–Kier alpha value is -3.37. The molecule has 5 rings (SSSR count). The number of methoxy groups -OCH3 is 1. The van der Waals surface area contributed by atoms with Crippen LogP contribution in [0.25, 0.3) is 5.65 Å². The molecule has 10 nitrogen and oxygen atoms in total. The number of carbonyl (C=O) groups is 1. The maximum atomic E-state index is 13.6. The average Bonchev–Trinajstić information content (AvgIpc) is 3.54. The molecule has 37 heavy (non-hydrogen) atoms. The van der Waals surface area contributed by atoms with Gasteiger partial charge in [-0.15, -0.1) is 4.91 Å². The van der Waals surface area contributed by atoms with Crippen molar-refractivity contribution in [2.45, 2.75) is 63.3 Å². The molecular weight excluding hydrogens is 470 g/mol. The van der Waals surface area contributed by atoms with Crippen molar-refractivity contribution < 1.29 is 9.53 Å². The van der Waals surface area contributed by atoms with Gasteiger partial charge >= 0.3 is 0 Å². The van der Waals surface area contributed by atoms with Crippen LogP contribution in [-0.4, -0.2) is 64.2 Å². The van der Waals surface area contributed by atoms with Gasteiger partial charge in [0, 0.05) is 57.0 Å². The van der Waals surface area contributed by atoms with Crippen LogP contribution in [-0.2, 0) is 9.53 Å². The van der Waals surface area contributed by atoms with Gasteiger partial charge in [-0.05, 0) is 38.2 Å². The quantitative estimate of drug-likeness (QED) is 0.465. The number of rotatable bonds is 8. The molecular formula is C27H35N7O3. The highest BCUT2D eigenvalue weighted by Gasteiger charge is 2.36. The molecule has 1 aromatic carbocycles. The highest BCUT2D eigenvalue weighted by molar-refractivity contribution is 5.82. The van der Waals surface area contributed by atoms with Crippen LogP contribution in [0.4, 0.5) is 5.82 Å². The standard InChI is InChI=1S/C27H35N7O3/c1-18-16-34-25(29-26(18)32-13-11-20(28)17-32)15-21(30-34)23-10-6-7-12-33(23)27(35)22(31-36)14-24(37-2)19-8-4-3-5-9-19/h3-5,8-9,15-16,20,22-24H,6-7,10-14,17,28H2,1-2H3/t20-,22?,23-,24?/m0/s1. The highest BCUT2D eigenvalue weighted by Crippen LogP contribution is 2.34. The number of fused-ring (bicyclic) bond motifs is 1. The van der Waals surface area contributed by atoms with E-state index in [4.69, 9.17) is 20.6 Å². The molecule has 0 saturated carbocycles. The summed E-state index contributed by atoms with van der Waals surface area (Å²) in [4.78, 5) is 34.4. The number of likely N-dealkylation sites (tertiary alicyclic amines) is 1. The zero-order chi connectivity index (χ0) is 25.9. The van der Waals surface area contributed by atoms with Crippen LogP contribution in [0, 0.1) is 11.8 Å². The Balaban J connectivity index is 1.38. The van der Waals surface area contributed by atoms with E-state index in [0.29, 0.717) is 6.54 Å². The Labute approximate surface area is 216 Å². The summed E-state index contributed by atoms with van der Waals surface area (Å²) in [6.07, 6.45) is 5.38. The molecule has 0 aliphatic carbocycles. The topological polar surface area (TPSA) is 118 Å². The minimum atomic E-state index is -1.03. The van der Waals surface area contributed by atoms with E-state index in [9.17, 15) is 9.70 Å². The van der Waals surface area contributed by atoms with Gasteiger partial charge in [-0.3, -0.25) is 4.79 Å². The van der Waals surface area contributed by atoms with Crippen LogP contribution in [0.2, 0.25) is 0 Å². The SMILES string of the molecule is COC(CC(N=O)C(=O)N1CCCC[C@H]1c1cc2nc(N3CC[C@H](N)C3)c(C)cn2n1)c1ccccc1. The van der Waals surface area contributed by atoms with Gasteiger partial charge < -0.3 is 20.3 Å². The second-order valence-corrected chi connectivity index (χ2v) is 10.1. The Morgan fingerprint density at radius 1 is 1.22 bits per heavy atom. The summed E-state index contributed by atoms with van der Waals surface area (Å²) in [7, 11) is 1.59. The summed E-state index contributed by atoms with van der Waals surface area (Å²) in [5.41, 5.74) is 9.59. The molecule has 196 valence electrons. The van der Waals surface area contributed by atoms with E-state index in [2.05, 4.69) is 10.1 Å². The van der Waals surface area contributed by atoms with Gasteiger partial charge in [0.1, 0.15) is 5.82 Å². The number of benzene rings is 1. The van der Waals surface area contributed by atoms with Crippen LogP contribution in [0.5, 0.6) is 0 Å². The number of carbonyl (C=O) groups excluding carboxylic acids is 1. The number of piperidine rings is 1. The predicted molar refractivity (Wildman–Crippen MR) is 141 cm³/mol. The number of hydrogen-bond acceptors (Lipinski definition) is 8. The molecule has 2 aromatic heterocycles. The fourth-order valence-corrected chi connectivity index (χ4v) is 5.60. The maximum Gasteiger partial charge on any atom is 0.251 e. The molecule has 2 N–H and O–H groups in total. The summed E-state index contributed by atoms with van der Waals surface area (Å²) in [5, 5.41) is 8.05. The second kappa shape index (κ2) is 10.9. The molecule has 2 unspecified atom stereocenters. The number of hydrogen-bond donors (Lipinski definition) is 1. The molecule has 2 fully saturated rings. The molecule has 1 amide bonds. The third kappa shape index (κ3) is 5.21. The number of nitrogens with two attached hydrogens (primary N) is 1. The lowest BCUT2D eigenvalue weighted by atomic mass is 9.96. The lowest BCUT2D eigenvalue weighted by Crippen LogP contribution is -2.44. The Morgan fingerprint density at radius 3 is 2.73 bits per heavy atom. The summed E-state index contributed by atoms with van der Waals surface area (Å²) >= 11 is 0. The van der Waals surface area contributed by atoms with Crippen molar-refractivity contribution in [3.8, 4) is 0 Å². The number of ether oxygens (including phenoxy) is 1. The number of aromatic nitrogens is 3. The molecule has 0 spiro atoms. The van der Waals surface area contributed by atoms with Gasteiger partial charge in [0.25, 0.3) is 5.91 Å². The molecule has 0 bridgehead atoms. The first-order valence-corrected chi connectivity index (χ1v) is 13.1. The number of amides is 1. The van der Waals surface area contributed by atoms with Crippen LogP contribution in [0.15, 0.2) is 47.8 Å². The summed E-state index contributed by atoms with van der Waals surface area (Å²) in [6, 6.07) is 10.5. The van der Waals surface area contributed by atoms with E-state index >= 15 is 0 Å². The van der Waals surface area contributed by atoms with Gasteiger partial charge in [0.05, 0.1) is 17.8 Å². The van der Waals surface area contributed by atoms with Crippen molar-refractivity contribution in [1.29, 1.82) is 0 Å². The van der Waals surface area contributed by atoms with Crippen LogP contribution >= 0.6 is 0 Å². The maximum absolute atomic E-state index is 13.6. The van der Waals surface area contributed by atoms with Gasteiger partial charge in [-0.2, -0.15) is 5.10 Å². The third-order valence-corrected chi connectivity index (χ3v) is 7.58. The Morgan fingerprint density at radius 2 is 2.03 bits per heavy atom. The molecule has 10 heteroatoms. The van der Waals surface area contributed by atoms with E-state index in [1.807, 2.05) is 49.5 Å². The largest absolute Gasteiger partial charge is 0.377 e. The Kier molecular flexibility index (Phi) is 7.48. The van der Waals surface area contributed by atoms with Gasteiger partial charge in [0.15, 0.2) is 11.7 Å². The minimum Gasteiger partial charge on any atom is -0.377 e. The van der Waals surface area contributed by atoms with Gasteiger partial charge in [-0.25, -0.2) is 9.50 Å². The Bertz CT molecular complexity index is 1250. The van der Waals surface area contributed by atoms with Crippen molar-refractivity contribution in [3.63, 3.8) is 0 Å². The molecule has 0 radical (unpaired) electrons. The normalized spacial score (nSPS) is 21.8. The van der Waals surface area contributed by atoms with E-state index < -0.39 is 12.1 Å². The van der Waals surface area contributed by atoms with Crippen molar-refractivity contribution >= 4 is 17.4 Å². The number of aryl methyl sites for hydroxylation is 1. The van der Waals surface area contributed by atoms with Crippen molar-refractivity contribution in [3.05, 3.63) is 64.3 Å². The summed E-state index contributed by atoms with van der Waals surface area (Å²) in [5.74, 6) is 0.658. The highest BCUT2D eigenvalue weighted by atomic mass is 16.5. The van der Waals surface area contributed by atoms with E-state index in [1.54, 1.807) is 16.5 Å². The zero-order valence-corrected chi connectivity index (χ0v) is 21.5. The van der Waals surface area contributed by atoms with Crippen LogP contribution < -0.4 is 10.6 Å². The number of nitroso groups, excluding NO2 is 1. The minimum absolute atomic E-state index is 0.165. The number of anilines is 1. The molecule has 4 heterocycles. The lowest BCUT2D eigenvalue weighted by Gasteiger charge is -2.36. The lowest BCUT2D eigenvalue weighted by molar-refractivity contribution is -0.137. The first-order chi connectivity index (χ1) is 18.0. The smallest absolute Gasteiger partial charge is 0.251 e.